The van der Waals surface area contributed by atoms with Crippen molar-refractivity contribution in [2.24, 2.45) is 0 Å². The second-order valence-electron chi connectivity index (χ2n) is 11.4. The predicted octanol–water partition coefficient (Wildman–Crippen LogP) is 9.07. The second-order valence-corrected chi connectivity index (χ2v) is 12.4. The molecule has 2 aromatic heterocycles. The summed E-state index contributed by atoms with van der Waals surface area (Å²) in [6, 6.07) is 47.2. The Morgan fingerprint density at radius 2 is 1.26 bits per heavy atom. The maximum Gasteiger partial charge on any atom is 0.266 e. The van der Waals surface area contributed by atoms with Gasteiger partial charge in [0.25, 0.3) is 5.56 Å². The van der Waals surface area contributed by atoms with E-state index in [4.69, 9.17) is 4.98 Å². The Kier molecular flexibility index (Phi) is 4.41. The molecule has 0 radical (unpaired) electrons. The van der Waals surface area contributed by atoms with Crippen LogP contribution in [0.15, 0.2) is 138 Å². The smallest absolute Gasteiger partial charge is 0.266 e. The fraction of sp³-hybridized carbons (Fsp3) is 0.0256. The van der Waals surface area contributed by atoms with Crippen LogP contribution in [0.1, 0.15) is 22.3 Å². The van der Waals surface area contributed by atoms with E-state index < -0.39 is 5.41 Å². The highest BCUT2D eigenvalue weighted by molar-refractivity contribution is 7.23. The molecule has 1 atom stereocenters. The summed E-state index contributed by atoms with van der Waals surface area (Å²) in [4.78, 5) is 20.0. The van der Waals surface area contributed by atoms with Crippen LogP contribution in [-0.4, -0.2) is 9.38 Å². The van der Waals surface area contributed by atoms with Gasteiger partial charge in [0.05, 0.1) is 21.8 Å². The number of fused-ring (bicyclic) bond motifs is 15. The Hall–Kier alpha value is -5.32. The van der Waals surface area contributed by atoms with Crippen molar-refractivity contribution in [2.75, 3.05) is 0 Å². The van der Waals surface area contributed by atoms with Crippen LogP contribution in [0.25, 0.3) is 59.5 Å². The number of benzene rings is 6. The zero-order valence-electron chi connectivity index (χ0n) is 22.9. The molecule has 2 aliphatic rings. The van der Waals surface area contributed by atoms with Crippen LogP contribution in [0, 0.1) is 0 Å². The molecule has 1 spiro atoms. The number of hydrogen-bond donors (Lipinski definition) is 0. The van der Waals surface area contributed by atoms with Gasteiger partial charge in [0, 0.05) is 10.3 Å². The highest BCUT2D eigenvalue weighted by Crippen LogP contribution is 2.65. The molecule has 3 nitrogen and oxygen atoms in total. The summed E-state index contributed by atoms with van der Waals surface area (Å²) >= 11 is 1.57. The average molecular weight is 567 g/mol. The second kappa shape index (κ2) is 8.15. The molecule has 0 amide bonds. The van der Waals surface area contributed by atoms with Gasteiger partial charge in [0.15, 0.2) is 4.96 Å². The van der Waals surface area contributed by atoms with E-state index in [-0.39, 0.29) is 5.56 Å². The summed E-state index contributed by atoms with van der Waals surface area (Å²) in [5, 5.41) is 0.724. The molecule has 0 aliphatic heterocycles. The Balaban J connectivity index is 1.42. The maximum atomic E-state index is 13.9. The first-order valence-electron chi connectivity index (χ1n) is 14.5. The normalized spacial score (nSPS) is 16.1. The minimum Gasteiger partial charge on any atom is -0.268 e. The lowest BCUT2D eigenvalue weighted by Crippen LogP contribution is -2.26. The van der Waals surface area contributed by atoms with Gasteiger partial charge >= 0.3 is 0 Å². The van der Waals surface area contributed by atoms with E-state index in [1.54, 1.807) is 11.3 Å². The number of aromatic nitrogens is 2. The first-order valence-corrected chi connectivity index (χ1v) is 15.3. The molecule has 6 aromatic carbocycles. The summed E-state index contributed by atoms with van der Waals surface area (Å²) in [6.45, 7) is 0. The van der Waals surface area contributed by atoms with Gasteiger partial charge in [-0.1, -0.05) is 127 Å². The highest BCUT2D eigenvalue weighted by atomic mass is 32.1. The Morgan fingerprint density at radius 3 is 2.12 bits per heavy atom. The molecule has 10 rings (SSSR count). The molecule has 0 saturated heterocycles. The Morgan fingerprint density at radius 1 is 0.581 bits per heavy atom. The van der Waals surface area contributed by atoms with Gasteiger partial charge in [-0.05, 0) is 68.3 Å². The van der Waals surface area contributed by atoms with Gasteiger partial charge in [0.2, 0.25) is 0 Å². The third-order valence-corrected chi connectivity index (χ3v) is 10.5. The van der Waals surface area contributed by atoms with E-state index in [0.29, 0.717) is 0 Å². The lowest BCUT2D eigenvalue weighted by Gasteiger charge is -2.30. The number of imidazole rings is 1. The molecule has 8 aromatic rings. The molecular formula is C39H22N2OS. The summed E-state index contributed by atoms with van der Waals surface area (Å²) in [5.41, 5.74) is 13.5. The zero-order chi connectivity index (χ0) is 28.3. The molecule has 200 valence electrons. The third kappa shape index (κ3) is 2.75. The lowest BCUT2D eigenvalue weighted by atomic mass is 9.70. The predicted molar refractivity (Wildman–Crippen MR) is 176 cm³/mol. The SMILES string of the molecule is O=c1c2ccccc2sc2nc3c4c(ccc3n12)-c1ccccc1C41c2ccccc2-c2c(-c3ccccc3)cccc21. The quantitative estimate of drug-likeness (QED) is 0.199. The van der Waals surface area contributed by atoms with Gasteiger partial charge in [-0.25, -0.2) is 9.38 Å². The zero-order valence-corrected chi connectivity index (χ0v) is 23.7. The summed E-state index contributed by atoms with van der Waals surface area (Å²) in [6.07, 6.45) is 0. The van der Waals surface area contributed by atoms with Crippen molar-refractivity contribution in [3.8, 4) is 33.4 Å². The molecule has 43 heavy (non-hydrogen) atoms. The van der Waals surface area contributed by atoms with Crippen molar-refractivity contribution >= 4 is 37.4 Å². The van der Waals surface area contributed by atoms with Crippen LogP contribution in [0.3, 0.4) is 0 Å². The monoisotopic (exact) mass is 566 g/mol. The fourth-order valence-corrected chi connectivity index (χ4v) is 8.89. The molecule has 4 heteroatoms. The molecule has 2 aliphatic carbocycles. The minimum absolute atomic E-state index is 0.0186. The Bertz CT molecular complexity index is 2540. The molecule has 0 N–H and O–H groups in total. The van der Waals surface area contributed by atoms with E-state index in [2.05, 4.69) is 109 Å². The molecule has 0 bridgehead atoms. The number of hydrogen-bond acceptors (Lipinski definition) is 3. The van der Waals surface area contributed by atoms with Crippen molar-refractivity contribution in [3.63, 3.8) is 0 Å². The van der Waals surface area contributed by atoms with Crippen molar-refractivity contribution in [1.29, 1.82) is 0 Å². The van der Waals surface area contributed by atoms with Crippen LogP contribution < -0.4 is 5.56 Å². The number of rotatable bonds is 1. The van der Waals surface area contributed by atoms with Crippen molar-refractivity contribution < 1.29 is 0 Å². The standard InChI is InChI=1S/C39H22N2OS/c42-37-28-15-6-9-20-33(28)43-38-40-36-32(41(37)38)22-21-26-25-13-4-7-17-29(25)39(35(26)36)30-18-8-5-14-27(30)34-24(16-10-19-31(34)39)23-11-2-1-3-12-23/h1-22H. The van der Waals surface area contributed by atoms with Crippen molar-refractivity contribution in [3.05, 3.63) is 166 Å². The van der Waals surface area contributed by atoms with Crippen LogP contribution >= 0.6 is 11.3 Å². The highest BCUT2D eigenvalue weighted by Gasteiger charge is 2.53. The largest absolute Gasteiger partial charge is 0.268 e. The Labute approximate surface area is 251 Å². The fourth-order valence-electron chi connectivity index (χ4n) is 7.87. The molecule has 0 fully saturated rings. The molecule has 0 saturated carbocycles. The van der Waals surface area contributed by atoms with E-state index >= 15 is 0 Å². The van der Waals surface area contributed by atoms with Crippen molar-refractivity contribution in [2.45, 2.75) is 5.41 Å². The first kappa shape index (κ1) is 23.3. The van der Waals surface area contributed by atoms with Crippen molar-refractivity contribution in [1.82, 2.24) is 9.38 Å². The number of nitrogens with zero attached hydrogens (tertiary/aromatic N) is 2. The van der Waals surface area contributed by atoms with Gasteiger partial charge < -0.3 is 0 Å². The summed E-state index contributed by atoms with van der Waals surface area (Å²) in [7, 11) is 0. The minimum atomic E-state index is -0.562. The van der Waals surface area contributed by atoms with Gasteiger partial charge in [-0.3, -0.25) is 4.79 Å². The van der Waals surface area contributed by atoms with Gasteiger partial charge in [0.1, 0.15) is 0 Å². The van der Waals surface area contributed by atoms with E-state index in [1.807, 2.05) is 28.7 Å². The van der Waals surface area contributed by atoms with E-state index in [1.165, 1.54) is 55.6 Å². The summed E-state index contributed by atoms with van der Waals surface area (Å²) in [5.74, 6) is 0. The topological polar surface area (TPSA) is 34.4 Å². The molecular weight excluding hydrogens is 545 g/mol. The average Bonchev–Trinajstić information content (AvgIpc) is 3.69. The van der Waals surface area contributed by atoms with Gasteiger partial charge in [-0.2, -0.15) is 0 Å². The van der Waals surface area contributed by atoms with Crippen LogP contribution in [0.5, 0.6) is 0 Å². The third-order valence-electron chi connectivity index (χ3n) is 9.47. The first-order chi connectivity index (χ1) is 21.3. The maximum absolute atomic E-state index is 13.9. The summed E-state index contributed by atoms with van der Waals surface area (Å²) < 4.78 is 2.77. The van der Waals surface area contributed by atoms with E-state index in [0.717, 1.165) is 26.1 Å². The molecule has 2 heterocycles. The van der Waals surface area contributed by atoms with Crippen LogP contribution in [-0.2, 0) is 5.41 Å². The van der Waals surface area contributed by atoms with E-state index in [9.17, 15) is 4.79 Å². The van der Waals surface area contributed by atoms with Crippen LogP contribution in [0.4, 0.5) is 0 Å². The van der Waals surface area contributed by atoms with Crippen LogP contribution in [0.2, 0.25) is 0 Å². The molecule has 1 unspecified atom stereocenters. The lowest BCUT2D eigenvalue weighted by molar-refractivity contribution is 0.799. The van der Waals surface area contributed by atoms with Gasteiger partial charge in [-0.15, -0.1) is 0 Å².